The van der Waals surface area contributed by atoms with Crippen LogP contribution in [0.15, 0.2) is 23.1 Å². The largest absolute Gasteiger partial charge is 0.496 e. The fourth-order valence-electron chi connectivity index (χ4n) is 1.66. The van der Waals surface area contributed by atoms with Gasteiger partial charge < -0.3 is 19.9 Å². The van der Waals surface area contributed by atoms with Crippen molar-refractivity contribution < 1.29 is 14.2 Å². The molecule has 108 valence electrons. The molecule has 0 atom stereocenters. The van der Waals surface area contributed by atoms with E-state index in [1.165, 1.54) is 0 Å². The Morgan fingerprint density at radius 1 is 1.21 bits per heavy atom. The number of rotatable bonds is 9. The average molecular weight is 285 g/mol. The number of hydrogen-bond acceptors (Lipinski definition) is 5. The van der Waals surface area contributed by atoms with Crippen molar-refractivity contribution in [3.63, 3.8) is 0 Å². The minimum atomic E-state index is -0.123. The molecule has 4 nitrogen and oxygen atoms in total. The number of anilines is 1. The fraction of sp³-hybridized carbons (Fsp3) is 0.571. The summed E-state index contributed by atoms with van der Waals surface area (Å²) in [5.41, 5.74) is 6.44. The lowest BCUT2D eigenvalue weighted by atomic mass is 10.3. The molecule has 19 heavy (non-hydrogen) atoms. The number of methoxy groups -OCH3 is 1. The molecule has 0 aliphatic carbocycles. The summed E-state index contributed by atoms with van der Waals surface area (Å²) in [6, 6.07) is 5.70. The Labute approximate surface area is 119 Å². The van der Waals surface area contributed by atoms with E-state index in [1.54, 1.807) is 18.9 Å². The van der Waals surface area contributed by atoms with Gasteiger partial charge >= 0.3 is 0 Å². The lowest BCUT2D eigenvalue weighted by Gasteiger charge is -2.16. The van der Waals surface area contributed by atoms with E-state index in [1.807, 2.05) is 32.0 Å². The minimum Gasteiger partial charge on any atom is -0.496 e. The van der Waals surface area contributed by atoms with Crippen LogP contribution in [0.5, 0.6) is 5.75 Å². The van der Waals surface area contributed by atoms with Crippen LogP contribution < -0.4 is 10.5 Å². The highest BCUT2D eigenvalue weighted by atomic mass is 32.2. The fourth-order valence-corrected chi connectivity index (χ4v) is 2.63. The second-order valence-corrected chi connectivity index (χ2v) is 5.02. The Bertz CT molecular complexity index is 368. The molecule has 5 heteroatoms. The van der Waals surface area contributed by atoms with Crippen molar-refractivity contribution in [2.24, 2.45) is 0 Å². The average Bonchev–Trinajstić information content (AvgIpc) is 2.40. The zero-order chi connectivity index (χ0) is 14.1. The third kappa shape index (κ3) is 5.72. The molecule has 1 aromatic rings. The number of ether oxygens (including phenoxy) is 3. The zero-order valence-corrected chi connectivity index (χ0v) is 12.7. The molecule has 0 spiro atoms. The van der Waals surface area contributed by atoms with Crippen molar-refractivity contribution >= 4 is 17.4 Å². The van der Waals surface area contributed by atoms with Crippen LogP contribution in [0.3, 0.4) is 0 Å². The first kappa shape index (κ1) is 16.1. The Morgan fingerprint density at radius 2 is 1.89 bits per heavy atom. The first-order valence-corrected chi connectivity index (χ1v) is 7.49. The standard InChI is InChI=1S/C14H23NO3S/c1-4-17-14(18-5-2)8-9-19-13-7-6-11(15)10-12(13)16-3/h6-7,10,14H,4-5,8-9,15H2,1-3H3. The molecule has 0 saturated heterocycles. The topological polar surface area (TPSA) is 53.7 Å². The first-order chi connectivity index (χ1) is 9.21. The second-order valence-electron chi connectivity index (χ2n) is 3.89. The summed E-state index contributed by atoms with van der Waals surface area (Å²) in [7, 11) is 1.65. The number of nitrogens with two attached hydrogens (primary N) is 1. The Balaban J connectivity index is 2.47. The molecule has 0 saturated carbocycles. The lowest BCUT2D eigenvalue weighted by Crippen LogP contribution is -2.18. The van der Waals surface area contributed by atoms with E-state index in [2.05, 4.69) is 0 Å². The number of benzene rings is 1. The van der Waals surface area contributed by atoms with Gasteiger partial charge in [0, 0.05) is 42.0 Å². The van der Waals surface area contributed by atoms with Gasteiger partial charge in [-0.2, -0.15) is 0 Å². The van der Waals surface area contributed by atoms with Gasteiger partial charge in [-0.3, -0.25) is 0 Å². The van der Waals surface area contributed by atoms with E-state index in [0.29, 0.717) is 18.9 Å². The summed E-state index contributed by atoms with van der Waals surface area (Å²) in [6.45, 7) is 5.28. The van der Waals surface area contributed by atoms with Crippen LogP contribution in [0, 0.1) is 0 Å². The van der Waals surface area contributed by atoms with E-state index >= 15 is 0 Å². The highest BCUT2D eigenvalue weighted by Gasteiger charge is 2.09. The second kappa shape index (κ2) is 9.07. The maximum absolute atomic E-state index is 5.73. The predicted molar refractivity (Wildman–Crippen MR) is 79.8 cm³/mol. The quantitative estimate of drug-likeness (QED) is 0.429. The molecule has 0 radical (unpaired) electrons. The zero-order valence-electron chi connectivity index (χ0n) is 11.8. The predicted octanol–water partition coefficient (Wildman–Crippen LogP) is 3.16. The molecule has 0 aromatic heterocycles. The smallest absolute Gasteiger partial charge is 0.158 e. The first-order valence-electron chi connectivity index (χ1n) is 6.50. The van der Waals surface area contributed by atoms with Crippen molar-refractivity contribution in [3.8, 4) is 5.75 Å². The minimum absolute atomic E-state index is 0.123. The summed E-state index contributed by atoms with van der Waals surface area (Å²) in [5, 5.41) is 0. The van der Waals surface area contributed by atoms with Gasteiger partial charge in [-0.25, -0.2) is 0 Å². The van der Waals surface area contributed by atoms with Crippen LogP contribution >= 0.6 is 11.8 Å². The van der Waals surface area contributed by atoms with Crippen LogP contribution in [-0.2, 0) is 9.47 Å². The molecule has 0 aliphatic heterocycles. The molecule has 0 amide bonds. The van der Waals surface area contributed by atoms with Crippen molar-refractivity contribution in [2.45, 2.75) is 31.5 Å². The van der Waals surface area contributed by atoms with E-state index in [-0.39, 0.29) is 6.29 Å². The highest BCUT2D eigenvalue weighted by Crippen LogP contribution is 2.31. The van der Waals surface area contributed by atoms with E-state index in [0.717, 1.165) is 22.8 Å². The summed E-state index contributed by atoms with van der Waals surface area (Å²) in [4.78, 5) is 1.09. The van der Waals surface area contributed by atoms with E-state index in [4.69, 9.17) is 19.9 Å². The molecule has 1 aromatic carbocycles. The molecule has 0 bridgehead atoms. The van der Waals surface area contributed by atoms with Gasteiger partial charge in [-0.05, 0) is 26.0 Å². The number of thioether (sulfide) groups is 1. The van der Waals surface area contributed by atoms with Gasteiger partial charge in [-0.15, -0.1) is 11.8 Å². The Kier molecular flexibility index (Phi) is 7.70. The van der Waals surface area contributed by atoms with E-state index in [9.17, 15) is 0 Å². The van der Waals surface area contributed by atoms with E-state index < -0.39 is 0 Å². The summed E-state index contributed by atoms with van der Waals surface area (Å²) in [5.74, 6) is 1.72. The molecule has 0 aliphatic rings. The highest BCUT2D eigenvalue weighted by molar-refractivity contribution is 7.99. The maximum atomic E-state index is 5.73. The van der Waals surface area contributed by atoms with Crippen LogP contribution in [-0.4, -0.2) is 32.4 Å². The molecule has 2 N–H and O–H groups in total. The molecule has 0 fully saturated rings. The van der Waals surface area contributed by atoms with Crippen molar-refractivity contribution in [2.75, 3.05) is 31.8 Å². The van der Waals surface area contributed by atoms with Crippen LogP contribution in [0.1, 0.15) is 20.3 Å². The monoisotopic (exact) mass is 285 g/mol. The Morgan fingerprint density at radius 3 is 2.47 bits per heavy atom. The molecular weight excluding hydrogens is 262 g/mol. The molecular formula is C14H23NO3S. The third-order valence-electron chi connectivity index (χ3n) is 2.50. The summed E-state index contributed by atoms with van der Waals surface area (Å²) >= 11 is 1.72. The van der Waals surface area contributed by atoms with Gasteiger partial charge in [0.25, 0.3) is 0 Å². The Hall–Kier alpha value is -0.910. The molecule has 0 unspecified atom stereocenters. The van der Waals surface area contributed by atoms with Crippen molar-refractivity contribution in [1.82, 2.24) is 0 Å². The van der Waals surface area contributed by atoms with Gasteiger partial charge in [-0.1, -0.05) is 0 Å². The number of nitrogen functional groups attached to an aromatic ring is 1. The summed E-state index contributed by atoms with van der Waals surface area (Å²) in [6.07, 6.45) is 0.724. The van der Waals surface area contributed by atoms with Crippen LogP contribution in [0.2, 0.25) is 0 Å². The van der Waals surface area contributed by atoms with Gasteiger partial charge in [0.2, 0.25) is 0 Å². The SMILES string of the molecule is CCOC(CCSc1ccc(N)cc1OC)OCC. The number of hydrogen-bond donors (Lipinski definition) is 1. The normalized spacial score (nSPS) is 10.9. The lowest BCUT2D eigenvalue weighted by molar-refractivity contribution is -0.136. The molecule has 0 heterocycles. The van der Waals surface area contributed by atoms with Crippen LogP contribution in [0.25, 0.3) is 0 Å². The third-order valence-corrected chi connectivity index (χ3v) is 3.59. The maximum Gasteiger partial charge on any atom is 0.158 e. The van der Waals surface area contributed by atoms with Gasteiger partial charge in [0.15, 0.2) is 6.29 Å². The van der Waals surface area contributed by atoms with Crippen molar-refractivity contribution in [1.29, 1.82) is 0 Å². The van der Waals surface area contributed by atoms with Crippen molar-refractivity contribution in [3.05, 3.63) is 18.2 Å². The summed E-state index contributed by atoms with van der Waals surface area (Å²) < 4.78 is 16.3. The van der Waals surface area contributed by atoms with Gasteiger partial charge in [0.1, 0.15) is 5.75 Å². The van der Waals surface area contributed by atoms with Crippen LogP contribution in [0.4, 0.5) is 5.69 Å². The van der Waals surface area contributed by atoms with Gasteiger partial charge in [0.05, 0.1) is 7.11 Å². The molecule has 1 rings (SSSR count).